The Bertz CT molecular complexity index is 7300. The minimum absolute atomic E-state index is 0. The maximum Gasteiger partial charge on any atom is 0.584 e. The van der Waals surface area contributed by atoms with Gasteiger partial charge in [0.05, 0.1) is 0 Å². The van der Waals surface area contributed by atoms with Crippen LogP contribution < -0.4 is 18.1 Å². The van der Waals surface area contributed by atoms with Crippen molar-refractivity contribution in [1.82, 2.24) is 0 Å². The van der Waals surface area contributed by atoms with Crippen molar-refractivity contribution in [2.24, 2.45) is 0 Å². The number of phosphoric acid groups is 2. The summed E-state index contributed by atoms with van der Waals surface area (Å²) in [5.74, 6) is 3.18. The van der Waals surface area contributed by atoms with E-state index in [1.165, 1.54) is 44.5 Å². The first-order chi connectivity index (χ1) is 67.5. The second-order valence-corrected chi connectivity index (χ2v) is 51.3. The van der Waals surface area contributed by atoms with Crippen LogP contribution in [0.25, 0.3) is 154 Å². The predicted octanol–water partition coefficient (Wildman–Crippen LogP) is 38.7. The Labute approximate surface area is 862 Å². The second kappa shape index (κ2) is 42.1. The van der Waals surface area contributed by atoms with Crippen LogP contribution in [0.3, 0.4) is 0 Å². The molecule has 2 unspecified atom stereocenters. The zero-order valence-electron chi connectivity index (χ0n) is 86.5. The molecule has 144 heavy (non-hydrogen) atoms. The monoisotopic (exact) mass is 2040 g/mol. The van der Waals surface area contributed by atoms with Crippen LogP contribution in [0.2, 0.25) is 0 Å². The van der Waals surface area contributed by atoms with E-state index in [1.54, 1.807) is 0 Å². The maximum absolute atomic E-state index is 14.9. The molecule has 0 saturated carbocycles. The van der Waals surface area contributed by atoms with Crippen molar-refractivity contribution in [3.8, 4) is 157 Å². The summed E-state index contributed by atoms with van der Waals surface area (Å²) in [6, 6.07) is 80.5. The van der Waals surface area contributed by atoms with Gasteiger partial charge in [0.15, 0.2) is 0 Å². The van der Waals surface area contributed by atoms with Crippen LogP contribution in [0.5, 0.6) is 46.0 Å². The highest BCUT2D eigenvalue weighted by Crippen LogP contribution is 2.67. The van der Waals surface area contributed by atoms with Gasteiger partial charge in [-0.15, -0.1) is 0 Å². The van der Waals surface area contributed by atoms with Crippen molar-refractivity contribution in [1.29, 1.82) is 0 Å². The zero-order chi connectivity index (χ0) is 103. The molecule has 18 rings (SSSR count). The standard InChI is InChI=1S/C62H64O8P2.C62H66O4.Cl3OP.H2O/c1-33(2)41-29-49(35(5)6)55(50(30-41)36(7)8)47-25-17-23-45-53-27-39-19-13-15-21-43(39)57(61(53)69-71(63,64)67-59(45)47)58-44-22-16-14-20-40(44)28-54-46-24-18-26-48(60(46)68-72(65,66)70-62(54)58)56-51(37(9)10)31-42(34(3)4)32-52(56)38(11)12;1-33(2)41-29-49(35(5)6)55(50(30-41)36(7)8)47-25-17-23-45(59(47)63)53-27-39-19-13-15-21-43(39)57(61(53)65)58-44-22-16-14-20-40(44)28-54(62(58)66)46-24-18-26-48(60(46)64)56-51(37(9)10)31-42(34(3)4)32-52(56)38(11)12;1-5(2,3)4;/h13-38H,1-12H3,(H,63,64)(H,65,66);13-38,63-66H,1-12H3;;1H2. The largest absolute Gasteiger partial charge is 0.584 e. The van der Waals surface area contributed by atoms with E-state index in [-0.39, 0.29) is 111 Å². The minimum Gasteiger partial charge on any atom is -0.507 e. The van der Waals surface area contributed by atoms with Crippen molar-refractivity contribution in [3.05, 3.63) is 309 Å². The highest BCUT2D eigenvalue weighted by atomic mass is 36.0. The number of hydrogen-bond donors (Lipinski definition) is 6. The molecule has 0 amide bonds. The van der Waals surface area contributed by atoms with Gasteiger partial charge >= 0.3 is 20.8 Å². The second-order valence-electron chi connectivity index (χ2n) is 42.1. The fourth-order valence-corrected chi connectivity index (χ4v) is 22.7. The summed E-state index contributed by atoms with van der Waals surface area (Å²) in [6.07, 6.45) is 0. The summed E-state index contributed by atoms with van der Waals surface area (Å²) >= 11 is 13.8. The molecule has 0 bridgehead atoms. The molecule has 16 aromatic rings. The summed E-state index contributed by atoms with van der Waals surface area (Å²) in [5, 5.41) is 53.8. The van der Waals surface area contributed by atoms with E-state index in [4.69, 9.17) is 18.1 Å². The quantitative estimate of drug-likeness (QED) is 0.0390. The molecule has 14 nitrogen and oxygen atoms in total. The Morgan fingerprint density at radius 2 is 0.417 bits per heavy atom. The average molecular weight is 2050 g/mol. The third kappa shape index (κ3) is 20.7. The number of halogens is 3. The first kappa shape index (κ1) is 107. The smallest absolute Gasteiger partial charge is 0.507 e. The molecule has 8 N–H and O–H groups in total. The number of aromatic hydroxyl groups is 4. The van der Waals surface area contributed by atoms with Gasteiger partial charge < -0.3 is 44.0 Å². The van der Waals surface area contributed by atoms with E-state index < -0.39 is 20.8 Å². The fourth-order valence-electron chi connectivity index (χ4n) is 20.9. The Hall–Kier alpha value is -11.6. The number of phenolic OH excluding ortho intramolecular Hbond substituents is 4. The van der Waals surface area contributed by atoms with Gasteiger partial charge in [-0.1, -0.05) is 385 Å². The molecule has 16 aromatic carbocycles. The molecule has 0 aliphatic carbocycles. The summed E-state index contributed by atoms with van der Waals surface area (Å²) in [6.45, 7) is 52.6. The van der Waals surface area contributed by atoms with E-state index in [2.05, 4.69) is 248 Å². The molecule has 0 spiro atoms. The van der Waals surface area contributed by atoms with Crippen LogP contribution in [-0.2, 0) is 13.7 Å². The number of benzene rings is 16. The topological polar surface area (TPSA) is 241 Å². The van der Waals surface area contributed by atoms with Gasteiger partial charge in [0.25, 0.3) is 0 Å². The van der Waals surface area contributed by atoms with E-state index in [0.717, 1.165) is 88.0 Å². The summed E-state index contributed by atoms with van der Waals surface area (Å²) in [7, 11) is -9.99. The number of rotatable bonds is 20. The number of para-hydroxylation sites is 4. The molecule has 2 atom stereocenters. The third-order valence-electron chi connectivity index (χ3n) is 28.2. The van der Waals surface area contributed by atoms with Crippen molar-refractivity contribution < 1.29 is 67.5 Å². The number of phosphoric ester groups is 2. The van der Waals surface area contributed by atoms with Crippen molar-refractivity contribution in [2.75, 3.05) is 0 Å². The lowest BCUT2D eigenvalue weighted by Crippen LogP contribution is -2.05. The SMILES string of the molecule is CC(C)c1cc(C(C)C)c(-c2cccc(-c3cc4ccccc4c(-c4c(O)c(-c5cccc(-c6c(C(C)C)cc(C(C)C)cc6C(C)C)c5O)cc5ccccc45)c3O)c2O)c(C(C)C)c1.CC(C)c1cc(C(C)C)c(-c2cccc3c2OP(=O)(O)Oc2c-3cc3ccccc3c2-c2c3c(cc4ccccc24)-c2cccc(-c4c(C(C)C)cc(C(C)C)cc4C(C)C)c2OP(=O)(O)O3)c(C(C)C)c1.O.O=P(Cl)(Cl)Cl. The lowest BCUT2D eigenvalue weighted by molar-refractivity contribution is 0.292. The van der Waals surface area contributed by atoms with Gasteiger partial charge in [-0.05, 0) is 261 Å². The fraction of sp³-hybridized carbons (Fsp3) is 0.290. The molecule has 0 aromatic heterocycles. The third-order valence-corrected chi connectivity index (χ3v) is 29.9. The molecular weight excluding hydrogens is 1910 g/mol. The lowest BCUT2D eigenvalue weighted by Gasteiger charge is -2.25. The summed E-state index contributed by atoms with van der Waals surface area (Å²) in [5.41, 5.74) is 26.6. The Balaban J connectivity index is 0.000000206. The van der Waals surface area contributed by atoms with Crippen molar-refractivity contribution in [2.45, 2.75) is 237 Å². The summed E-state index contributed by atoms with van der Waals surface area (Å²) in [4.78, 5) is 24.3. The van der Waals surface area contributed by atoms with Gasteiger partial charge in [0.1, 0.15) is 46.0 Å². The van der Waals surface area contributed by atoms with E-state index in [9.17, 15) is 43.9 Å². The van der Waals surface area contributed by atoms with Gasteiger partial charge in [-0.3, -0.25) is 14.4 Å². The number of fused-ring (bicyclic) bond motifs is 10. The molecule has 2 aliphatic rings. The molecular formula is C124H132Cl3O14P3. The number of phenols is 4. The first-order valence-corrected chi connectivity index (χ1v) is 57.3. The van der Waals surface area contributed by atoms with E-state index in [0.29, 0.717) is 100 Å². The first-order valence-electron chi connectivity index (χ1n) is 49.9. The van der Waals surface area contributed by atoms with Gasteiger partial charge in [0.2, 0.25) is 0 Å². The molecule has 2 heterocycles. The van der Waals surface area contributed by atoms with E-state index in [1.807, 2.05) is 194 Å². The average Bonchev–Trinajstić information content (AvgIpc) is 1.49. The molecule has 0 saturated heterocycles. The molecule has 20 heteroatoms. The van der Waals surface area contributed by atoms with Crippen molar-refractivity contribution in [3.63, 3.8) is 0 Å². The van der Waals surface area contributed by atoms with Crippen LogP contribution >= 0.6 is 54.6 Å². The Morgan fingerprint density at radius 1 is 0.222 bits per heavy atom. The Morgan fingerprint density at radius 3 is 0.653 bits per heavy atom. The predicted molar refractivity (Wildman–Crippen MR) is 604 cm³/mol. The van der Waals surface area contributed by atoms with E-state index >= 15 is 0 Å². The normalized spacial score (nSPS) is 14.6. The molecule has 748 valence electrons. The van der Waals surface area contributed by atoms with Crippen LogP contribution in [0.1, 0.15) is 304 Å². The highest BCUT2D eigenvalue weighted by Gasteiger charge is 2.43. The van der Waals surface area contributed by atoms with Crippen LogP contribution in [0.15, 0.2) is 243 Å². The maximum atomic E-state index is 14.9. The van der Waals surface area contributed by atoms with Crippen molar-refractivity contribution >= 4 is 97.7 Å². The minimum atomic E-state index is -4.99. The number of hydrogen-bond acceptors (Lipinski definition) is 11. The Kier molecular flexibility index (Phi) is 31.2. The summed E-state index contributed by atoms with van der Waals surface area (Å²) < 4.78 is 64.9. The van der Waals surface area contributed by atoms with Crippen LogP contribution in [-0.4, -0.2) is 35.7 Å². The highest BCUT2D eigenvalue weighted by molar-refractivity contribution is 8.24. The van der Waals surface area contributed by atoms with Gasteiger partial charge in [-0.25, -0.2) is 9.13 Å². The van der Waals surface area contributed by atoms with Crippen LogP contribution in [0.4, 0.5) is 0 Å². The lowest BCUT2D eigenvalue weighted by atomic mass is 9.80. The van der Waals surface area contributed by atoms with Gasteiger partial charge in [0, 0.05) is 89.0 Å². The van der Waals surface area contributed by atoms with Gasteiger partial charge in [-0.2, -0.15) is 0 Å². The molecule has 2 aliphatic heterocycles. The molecule has 0 fully saturated rings. The van der Waals surface area contributed by atoms with Crippen LogP contribution in [0, 0.1) is 0 Å². The molecule has 0 radical (unpaired) electrons. The zero-order valence-corrected chi connectivity index (χ0v) is 91.5.